The second kappa shape index (κ2) is 5.95. The highest BCUT2D eigenvalue weighted by atomic mass is 32.1. The summed E-state index contributed by atoms with van der Waals surface area (Å²) in [6.45, 7) is 2.89. The van der Waals surface area contributed by atoms with Crippen LogP contribution in [0, 0.1) is 6.92 Å². The van der Waals surface area contributed by atoms with Crippen molar-refractivity contribution in [2.45, 2.75) is 26.6 Å². The maximum absolute atomic E-state index is 9.96. The predicted molar refractivity (Wildman–Crippen MR) is 71.4 cm³/mol. The highest BCUT2D eigenvalue weighted by Gasteiger charge is 2.10. The highest BCUT2D eigenvalue weighted by molar-refractivity contribution is 7.07. The van der Waals surface area contributed by atoms with E-state index in [9.17, 15) is 10.2 Å². The van der Waals surface area contributed by atoms with Gasteiger partial charge in [-0.25, -0.2) is 0 Å². The normalized spacial score (nSPS) is 10.8. The lowest BCUT2D eigenvalue weighted by atomic mass is 10.1. The first-order valence-electron chi connectivity index (χ1n) is 5.71. The van der Waals surface area contributed by atoms with Gasteiger partial charge in [0.1, 0.15) is 5.75 Å². The topological polar surface area (TPSA) is 65.4 Å². The molecule has 2 aromatic rings. The Balaban J connectivity index is 2.06. The summed E-state index contributed by atoms with van der Waals surface area (Å²) < 4.78 is 0. The number of hydrogen-bond donors (Lipinski definition) is 3. The van der Waals surface area contributed by atoms with Crippen molar-refractivity contribution in [3.05, 3.63) is 45.4 Å². The number of aryl methyl sites for hydroxylation is 1. The molecular formula is C13H16N2O2S. The van der Waals surface area contributed by atoms with E-state index in [0.717, 1.165) is 12.1 Å². The van der Waals surface area contributed by atoms with Crippen LogP contribution in [0.25, 0.3) is 0 Å². The van der Waals surface area contributed by atoms with E-state index in [1.807, 2.05) is 5.38 Å². The van der Waals surface area contributed by atoms with Gasteiger partial charge in [-0.15, -0.1) is 0 Å². The maximum atomic E-state index is 9.96. The largest absolute Gasteiger partial charge is 0.506 e. The Morgan fingerprint density at radius 3 is 2.89 bits per heavy atom. The third-order valence-electron chi connectivity index (χ3n) is 2.81. The van der Waals surface area contributed by atoms with Gasteiger partial charge in [0.05, 0.1) is 12.3 Å². The van der Waals surface area contributed by atoms with Gasteiger partial charge in [-0.05, 0) is 29.3 Å². The Labute approximate surface area is 110 Å². The molecule has 0 aliphatic heterocycles. The summed E-state index contributed by atoms with van der Waals surface area (Å²) in [6.07, 6.45) is 1.61. The summed E-state index contributed by atoms with van der Waals surface area (Å²) in [5.41, 5.74) is 3.19. The second-order valence-electron chi connectivity index (χ2n) is 4.09. The zero-order valence-electron chi connectivity index (χ0n) is 10.2. The van der Waals surface area contributed by atoms with Gasteiger partial charge < -0.3 is 15.5 Å². The van der Waals surface area contributed by atoms with Crippen LogP contribution < -0.4 is 5.32 Å². The Bertz CT molecular complexity index is 512. The fraction of sp³-hybridized carbons (Fsp3) is 0.308. The van der Waals surface area contributed by atoms with Gasteiger partial charge in [-0.3, -0.25) is 4.98 Å². The van der Waals surface area contributed by atoms with Crippen molar-refractivity contribution in [3.63, 3.8) is 0 Å². The highest BCUT2D eigenvalue weighted by Crippen LogP contribution is 2.23. The summed E-state index contributed by atoms with van der Waals surface area (Å²) in [4.78, 5) is 4.03. The SMILES string of the molecule is Cc1ncc(CO)c(CNCc2ccsc2)c1O. The summed E-state index contributed by atoms with van der Waals surface area (Å²) in [5.74, 6) is 0.166. The fourth-order valence-electron chi connectivity index (χ4n) is 1.74. The van der Waals surface area contributed by atoms with E-state index in [-0.39, 0.29) is 12.4 Å². The summed E-state index contributed by atoms with van der Waals surface area (Å²) in [5, 5.41) is 26.6. The minimum absolute atomic E-state index is 0.115. The number of nitrogens with one attached hydrogen (secondary N) is 1. The van der Waals surface area contributed by atoms with Crippen LogP contribution in [0.4, 0.5) is 0 Å². The Kier molecular flexibility index (Phi) is 4.30. The van der Waals surface area contributed by atoms with Crippen molar-refractivity contribution in [2.75, 3.05) is 0 Å². The molecule has 2 heterocycles. The first-order valence-corrected chi connectivity index (χ1v) is 6.65. The minimum atomic E-state index is -0.115. The van der Waals surface area contributed by atoms with E-state index in [2.05, 4.69) is 21.7 Å². The number of rotatable bonds is 5. The molecule has 18 heavy (non-hydrogen) atoms. The molecule has 2 rings (SSSR count). The number of hydrogen-bond acceptors (Lipinski definition) is 5. The van der Waals surface area contributed by atoms with Gasteiger partial charge in [-0.2, -0.15) is 11.3 Å². The lowest BCUT2D eigenvalue weighted by molar-refractivity contribution is 0.278. The predicted octanol–water partition coefficient (Wildman–Crippen LogP) is 1.94. The van der Waals surface area contributed by atoms with Gasteiger partial charge >= 0.3 is 0 Å². The van der Waals surface area contributed by atoms with Crippen LogP contribution in [0.5, 0.6) is 5.75 Å². The molecule has 0 atom stereocenters. The lowest BCUT2D eigenvalue weighted by Crippen LogP contribution is -2.14. The fourth-order valence-corrected chi connectivity index (χ4v) is 2.41. The van der Waals surface area contributed by atoms with Crippen LogP contribution >= 0.6 is 11.3 Å². The van der Waals surface area contributed by atoms with E-state index in [4.69, 9.17) is 0 Å². The maximum Gasteiger partial charge on any atom is 0.141 e. The van der Waals surface area contributed by atoms with E-state index in [1.54, 1.807) is 24.5 Å². The molecule has 4 nitrogen and oxygen atoms in total. The van der Waals surface area contributed by atoms with Crippen LogP contribution in [-0.2, 0) is 19.7 Å². The molecule has 0 radical (unpaired) electrons. The van der Waals surface area contributed by atoms with E-state index < -0.39 is 0 Å². The Morgan fingerprint density at radius 1 is 1.39 bits per heavy atom. The zero-order chi connectivity index (χ0) is 13.0. The summed E-state index contributed by atoms with van der Waals surface area (Å²) in [7, 11) is 0. The van der Waals surface area contributed by atoms with Gasteiger partial charge in [0, 0.05) is 30.4 Å². The number of aromatic nitrogens is 1. The Morgan fingerprint density at radius 2 is 2.22 bits per heavy atom. The molecular weight excluding hydrogens is 248 g/mol. The summed E-state index contributed by atoms with van der Waals surface area (Å²) >= 11 is 1.66. The van der Waals surface area contributed by atoms with Crippen molar-refractivity contribution in [1.29, 1.82) is 0 Å². The molecule has 0 aliphatic rings. The van der Waals surface area contributed by atoms with Crippen molar-refractivity contribution in [2.24, 2.45) is 0 Å². The first-order chi connectivity index (χ1) is 8.72. The number of aliphatic hydroxyl groups excluding tert-OH is 1. The molecule has 0 bridgehead atoms. The second-order valence-corrected chi connectivity index (χ2v) is 4.87. The van der Waals surface area contributed by atoms with E-state index in [1.165, 1.54) is 5.56 Å². The molecule has 0 spiro atoms. The monoisotopic (exact) mass is 264 g/mol. The van der Waals surface area contributed by atoms with Crippen molar-refractivity contribution in [1.82, 2.24) is 10.3 Å². The van der Waals surface area contributed by atoms with E-state index in [0.29, 0.717) is 17.8 Å². The number of pyridine rings is 1. The van der Waals surface area contributed by atoms with Crippen LogP contribution in [0.3, 0.4) is 0 Å². The smallest absolute Gasteiger partial charge is 0.141 e. The average Bonchev–Trinajstić information content (AvgIpc) is 2.88. The number of aliphatic hydroxyl groups is 1. The van der Waals surface area contributed by atoms with Crippen LogP contribution in [0.1, 0.15) is 22.4 Å². The molecule has 5 heteroatoms. The molecule has 0 aliphatic carbocycles. The van der Waals surface area contributed by atoms with Gasteiger partial charge in [0.15, 0.2) is 0 Å². The first kappa shape index (κ1) is 13.0. The number of thiophene rings is 1. The van der Waals surface area contributed by atoms with Crippen LogP contribution in [0.2, 0.25) is 0 Å². The van der Waals surface area contributed by atoms with E-state index >= 15 is 0 Å². The summed E-state index contributed by atoms with van der Waals surface area (Å²) in [6, 6.07) is 2.06. The average molecular weight is 264 g/mol. The number of nitrogens with zero attached hydrogens (tertiary/aromatic N) is 1. The van der Waals surface area contributed by atoms with Gasteiger partial charge in [0.2, 0.25) is 0 Å². The molecule has 2 aromatic heterocycles. The molecule has 0 saturated carbocycles. The molecule has 96 valence electrons. The molecule has 0 aromatic carbocycles. The minimum Gasteiger partial charge on any atom is -0.506 e. The van der Waals surface area contributed by atoms with Gasteiger partial charge in [-0.1, -0.05) is 0 Å². The molecule has 3 N–H and O–H groups in total. The van der Waals surface area contributed by atoms with Crippen LogP contribution in [0.15, 0.2) is 23.0 Å². The number of aromatic hydroxyl groups is 1. The molecule has 0 unspecified atom stereocenters. The molecule has 0 amide bonds. The van der Waals surface area contributed by atoms with Gasteiger partial charge in [0.25, 0.3) is 0 Å². The standard InChI is InChI=1S/C13H16N2O2S/c1-9-13(17)12(11(7-16)5-15-9)6-14-4-10-2-3-18-8-10/h2-3,5,8,14,16-17H,4,6-7H2,1H3. The third-order valence-corrected chi connectivity index (χ3v) is 3.54. The molecule has 0 fully saturated rings. The zero-order valence-corrected chi connectivity index (χ0v) is 11.0. The third kappa shape index (κ3) is 2.87. The van der Waals surface area contributed by atoms with Crippen LogP contribution in [-0.4, -0.2) is 15.2 Å². The lowest BCUT2D eigenvalue weighted by Gasteiger charge is -2.12. The quantitative estimate of drug-likeness (QED) is 0.772. The van der Waals surface area contributed by atoms with Crippen molar-refractivity contribution in [3.8, 4) is 5.75 Å². The molecule has 0 saturated heterocycles. The Hall–Kier alpha value is -1.43. The van der Waals surface area contributed by atoms with Crippen molar-refractivity contribution < 1.29 is 10.2 Å². The van der Waals surface area contributed by atoms with Crippen molar-refractivity contribution >= 4 is 11.3 Å².